The number of aliphatic carboxylic acids is 1. The average molecular weight is 259 g/mol. The van der Waals surface area contributed by atoms with Crippen LogP contribution in [0, 0.1) is 5.92 Å². The van der Waals surface area contributed by atoms with Gasteiger partial charge in [-0.2, -0.15) is 0 Å². The molecular weight excluding hydrogens is 246 g/mol. The summed E-state index contributed by atoms with van der Waals surface area (Å²) in [5.74, 6) is -0.517. The van der Waals surface area contributed by atoms with Crippen LogP contribution >= 0.6 is 0 Å². The van der Waals surface area contributed by atoms with Gasteiger partial charge in [-0.1, -0.05) is 0 Å². The lowest BCUT2D eigenvalue weighted by Gasteiger charge is -2.15. The molecule has 0 aromatic carbocycles. The molecule has 3 rings (SSSR count). The van der Waals surface area contributed by atoms with Gasteiger partial charge >= 0.3 is 5.97 Å². The number of anilines is 1. The van der Waals surface area contributed by atoms with E-state index in [-0.39, 0.29) is 5.92 Å². The second-order valence-electron chi connectivity index (χ2n) is 4.52. The van der Waals surface area contributed by atoms with Crippen molar-refractivity contribution in [2.24, 2.45) is 5.92 Å². The molecule has 98 valence electrons. The topological polar surface area (TPSA) is 79.5 Å². The van der Waals surface area contributed by atoms with Gasteiger partial charge in [-0.25, -0.2) is 9.97 Å². The first-order valence-corrected chi connectivity index (χ1v) is 6.07. The second-order valence-corrected chi connectivity index (χ2v) is 4.52. The van der Waals surface area contributed by atoms with E-state index in [1.165, 1.54) is 0 Å². The summed E-state index contributed by atoms with van der Waals surface area (Å²) in [6.07, 6.45) is 5.52. The molecule has 1 atom stereocenters. The van der Waals surface area contributed by atoms with Crippen LogP contribution < -0.4 is 4.90 Å². The molecule has 0 bridgehead atoms. The van der Waals surface area contributed by atoms with Gasteiger partial charge in [-0.15, -0.1) is 0 Å². The maximum Gasteiger partial charge on any atom is 0.308 e. The minimum absolute atomic E-state index is 0.332. The summed E-state index contributed by atoms with van der Waals surface area (Å²) >= 11 is 0. The van der Waals surface area contributed by atoms with Crippen LogP contribution in [-0.2, 0) is 4.79 Å². The Hall–Kier alpha value is -2.37. The fourth-order valence-electron chi connectivity index (χ4n) is 2.22. The molecule has 1 fully saturated rings. The van der Waals surface area contributed by atoms with Crippen LogP contribution in [0.2, 0.25) is 0 Å². The van der Waals surface area contributed by atoms with Crippen LogP contribution in [0.4, 0.5) is 5.95 Å². The van der Waals surface area contributed by atoms with E-state index in [1.54, 1.807) is 24.8 Å². The van der Waals surface area contributed by atoms with Crippen molar-refractivity contribution >= 4 is 11.9 Å². The molecule has 0 aliphatic carbocycles. The number of nitrogens with zero attached hydrogens (tertiary/aromatic N) is 3. The third-order valence-corrected chi connectivity index (χ3v) is 3.28. The zero-order valence-electron chi connectivity index (χ0n) is 10.2. The van der Waals surface area contributed by atoms with Crippen molar-refractivity contribution in [1.82, 2.24) is 9.97 Å². The molecule has 3 heterocycles. The van der Waals surface area contributed by atoms with Gasteiger partial charge in [0, 0.05) is 24.8 Å². The minimum Gasteiger partial charge on any atom is -0.481 e. The molecule has 6 nitrogen and oxygen atoms in total. The molecular formula is C13H13N3O3. The second kappa shape index (κ2) is 4.72. The average Bonchev–Trinajstić information content (AvgIpc) is 3.10. The Morgan fingerprint density at radius 3 is 3.05 bits per heavy atom. The van der Waals surface area contributed by atoms with Gasteiger partial charge in [0.1, 0.15) is 0 Å². The lowest BCUT2D eigenvalue weighted by atomic mass is 10.1. The van der Waals surface area contributed by atoms with Crippen LogP contribution in [-0.4, -0.2) is 34.1 Å². The maximum absolute atomic E-state index is 11.0. The highest BCUT2D eigenvalue weighted by molar-refractivity contribution is 5.71. The quantitative estimate of drug-likeness (QED) is 0.902. The van der Waals surface area contributed by atoms with Crippen LogP contribution in [0.1, 0.15) is 6.42 Å². The van der Waals surface area contributed by atoms with Crippen molar-refractivity contribution < 1.29 is 14.3 Å². The first-order chi connectivity index (χ1) is 9.24. The molecule has 2 aromatic heterocycles. The lowest BCUT2D eigenvalue weighted by molar-refractivity contribution is -0.140. The molecule has 1 N–H and O–H groups in total. The number of aromatic nitrogens is 2. The van der Waals surface area contributed by atoms with Crippen molar-refractivity contribution in [2.75, 3.05) is 18.0 Å². The molecule has 0 radical (unpaired) electrons. The van der Waals surface area contributed by atoms with E-state index in [0.717, 1.165) is 11.3 Å². The summed E-state index contributed by atoms with van der Waals surface area (Å²) in [7, 11) is 0. The van der Waals surface area contributed by atoms with Crippen molar-refractivity contribution in [2.45, 2.75) is 6.42 Å². The predicted octanol–water partition coefficient (Wildman–Crippen LogP) is 1.65. The van der Waals surface area contributed by atoms with Crippen molar-refractivity contribution in [3.05, 3.63) is 30.9 Å². The normalized spacial score (nSPS) is 18.7. The number of carboxylic acids is 1. The summed E-state index contributed by atoms with van der Waals surface area (Å²) in [5, 5.41) is 9.00. The maximum atomic E-state index is 11.0. The van der Waals surface area contributed by atoms with Gasteiger partial charge in [0.2, 0.25) is 5.95 Å². The molecule has 0 amide bonds. The van der Waals surface area contributed by atoms with Crippen LogP contribution in [0.25, 0.3) is 11.3 Å². The Labute approximate surface area is 109 Å². The van der Waals surface area contributed by atoms with Crippen molar-refractivity contribution in [3.63, 3.8) is 0 Å². The first-order valence-electron chi connectivity index (χ1n) is 6.07. The zero-order valence-corrected chi connectivity index (χ0v) is 10.2. The van der Waals surface area contributed by atoms with E-state index in [2.05, 4.69) is 9.97 Å². The fraction of sp³-hybridized carbons (Fsp3) is 0.308. The Kier molecular flexibility index (Phi) is 2.91. The van der Waals surface area contributed by atoms with Gasteiger partial charge in [0.05, 0.1) is 24.1 Å². The van der Waals surface area contributed by atoms with E-state index in [0.29, 0.717) is 25.5 Å². The third-order valence-electron chi connectivity index (χ3n) is 3.28. The van der Waals surface area contributed by atoms with E-state index >= 15 is 0 Å². The van der Waals surface area contributed by atoms with Crippen LogP contribution in [0.3, 0.4) is 0 Å². The number of furan rings is 1. The number of carbonyl (C=O) groups is 1. The first kappa shape index (κ1) is 11.7. The molecule has 6 heteroatoms. The van der Waals surface area contributed by atoms with Crippen molar-refractivity contribution in [3.8, 4) is 11.3 Å². The number of rotatable bonds is 3. The molecule has 1 aliphatic rings. The van der Waals surface area contributed by atoms with Crippen LogP contribution in [0.15, 0.2) is 35.3 Å². The smallest absolute Gasteiger partial charge is 0.308 e. The third kappa shape index (κ3) is 2.29. The Balaban J connectivity index is 1.83. The highest BCUT2D eigenvalue weighted by Crippen LogP contribution is 2.23. The molecule has 1 saturated heterocycles. The molecule has 0 saturated carbocycles. The van der Waals surface area contributed by atoms with E-state index in [4.69, 9.17) is 9.52 Å². The molecule has 0 spiro atoms. The Bertz CT molecular complexity index is 583. The lowest BCUT2D eigenvalue weighted by Crippen LogP contribution is -2.24. The van der Waals surface area contributed by atoms with Gasteiger partial charge in [-0.3, -0.25) is 4.79 Å². The van der Waals surface area contributed by atoms with Gasteiger partial charge in [0.25, 0.3) is 0 Å². The molecule has 1 aliphatic heterocycles. The number of hydrogen-bond donors (Lipinski definition) is 1. The van der Waals surface area contributed by atoms with Gasteiger partial charge in [-0.05, 0) is 18.6 Å². The fourth-order valence-corrected chi connectivity index (χ4v) is 2.22. The van der Waals surface area contributed by atoms with Gasteiger partial charge in [0.15, 0.2) is 0 Å². The van der Waals surface area contributed by atoms with E-state index in [1.807, 2.05) is 11.0 Å². The summed E-state index contributed by atoms with van der Waals surface area (Å²) < 4.78 is 5.03. The Morgan fingerprint density at radius 1 is 1.47 bits per heavy atom. The molecule has 19 heavy (non-hydrogen) atoms. The zero-order chi connectivity index (χ0) is 13.2. The number of carboxylic acid groups (broad SMARTS) is 1. The van der Waals surface area contributed by atoms with E-state index in [9.17, 15) is 4.79 Å². The van der Waals surface area contributed by atoms with Crippen molar-refractivity contribution in [1.29, 1.82) is 0 Å². The van der Waals surface area contributed by atoms with Gasteiger partial charge < -0.3 is 14.4 Å². The summed E-state index contributed by atoms with van der Waals surface area (Å²) in [5.41, 5.74) is 1.66. The minimum atomic E-state index is -0.756. The highest BCUT2D eigenvalue weighted by Gasteiger charge is 2.29. The summed E-state index contributed by atoms with van der Waals surface area (Å²) in [6.45, 7) is 1.13. The highest BCUT2D eigenvalue weighted by atomic mass is 16.4. The Morgan fingerprint density at radius 2 is 2.37 bits per heavy atom. The number of hydrogen-bond acceptors (Lipinski definition) is 5. The standard InChI is InChI=1S/C13H13N3O3/c17-12(18)9-2-5-16(7-9)13-14-4-1-11(15-13)10-3-6-19-8-10/h1,3-4,6,8-9H,2,5,7H2,(H,17,18)/t9-/m1/s1. The predicted molar refractivity (Wildman–Crippen MR) is 67.7 cm³/mol. The van der Waals surface area contributed by atoms with E-state index < -0.39 is 5.97 Å². The summed E-state index contributed by atoms with van der Waals surface area (Å²) in [6, 6.07) is 3.63. The SMILES string of the molecule is O=C(O)[C@@H]1CCN(c2nccc(-c3ccoc3)n2)C1. The molecule has 2 aromatic rings. The van der Waals surface area contributed by atoms with Crippen LogP contribution in [0.5, 0.6) is 0 Å². The summed E-state index contributed by atoms with van der Waals surface area (Å²) in [4.78, 5) is 21.5. The molecule has 0 unspecified atom stereocenters. The monoisotopic (exact) mass is 259 g/mol. The largest absolute Gasteiger partial charge is 0.481 e.